The van der Waals surface area contributed by atoms with Gasteiger partial charge in [0, 0.05) is 29.3 Å². The number of rotatable bonds is 6. The first-order valence-electron chi connectivity index (χ1n) is 9.55. The van der Waals surface area contributed by atoms with Crippen LogP contribution < -0.4 is 15.4 Å². The molecule has 0 aliphatic heterocycles. The van der Waals surface area contributed by atoms with Gasteiger partial charge < -0.3 is 14.5 Å². The van der Waals surface area contributed by atoms with E-state index in [0.29, 0.717) is 29.0 Å². The molecule has 9 heteroatoms. The monoisotopic (exact) mass is 447 g/mol. The van der Waals surface area contributed by atoms with Gasteiger partial charge in [-0.25, -0.2) is 0 Å². The van der Waals surface area contributed by atoms with Gasteiger partial charge in [-0.05, 0) is 42.0 Å². The molecule has 0 atom stereocenters. The molecule has 1 aromatic heterocycles. The highest BCUT2D eigenvalue weighted by molar-refractivity contribution is 7.80. The van der Waals surface area contributed by atoms with Crippen LogP contribution in [0.4, 0.5) is 11.4 Å². The van der Waals surface area contributed by atoms with Crippen molar-refractivity contribution < 1.29 is 18.9 Å². The smallest absolute Gasteiger partial charge is 0.293 e. The third-order valence-corrected chi connectivity index (χ3v) is 4.71. The average Bonchev–Trinajstić information content (AvgIpc) is 3.22. The molecule has 1 amide bonds. The van der Waals surface area contributed by atoms with Crippen molar-refractivity contribution in [2.45, 2.75) is 6.61 Å². The highest BCUT2D eigenvalue weighted by atomic mass is 32.1. The first-order valence-corrected chi connectivity index (χ1v) is 9.96. The van der Waals surface area contributed by atoms with Crippen molar-refractivity contribution in [1.29, 1.82) is 0 Å². The van der Waals surface area contributed by atoms with E-state index in [-0.39, 0.29) is 16.6 Å². The van der Waals surface area contributed by atoms with Gasteiger partial charge in [0.2, 0.25) is 0 Å². The Labute approximate surface area is 188 Å². The van der Waals surface area contributed by atoms with Crippen LogP contribution in [0.25, 0.3) is 11.0 Å². The number of nitro benzene ring substituents is 1. The van der Waals surface area contributed by atoms with Crippen LogP contribution in [0.3, 0.4) is 0 Å². The molecule has 32 heavy (non-hydrogen) atoms. The van der Waals surface area contributed by atoms with Crippen molar-refractivity contribution in [3.05, 3.63) is 100 Å². The van der Waals surface area contributed by atoms with E-state index in [1.807, 2.05) is 36.4 Å². The van der Waals surface area contributed by atoms with Crippen molar-refractivity contribution in [1.82, 2.24) is 5.32 Å². The van der Waals surface area contributed by atoms with Crippen molar-refractivity contribution in [3.8, 4) is 5.75 Å². The summed E-state index contributed by atoms with van der Waals surface area (Å²) in [5.41, 5.74) is 1.96. The van der Waals surface area contributed by atoms with Gasteiger partial charge in [0.15, 0.2) is 10.9 Å². The van der Waals surface area contributed by atoms with E-state index in [2.05, 4.69) is 10.6 Å². The molecule has 3 aromatic carbocycles. The standard InChI is InChI=1S/C23H17N3O5S/c27-22(21-12-16-11-18(26(28)29)9-10-20(16)31-21)25-23(32)24-17-7-4-8-19(13-17)30-14-15-5-2-1-3-6-15/h1-13H,14H2,(H2,24,25,27,32). The minimum Gasteiger partial charge on any atom is -0.489 e. The minimum atomic E-state index is -0.571. The summed E-state index contributed by atoms with van der Waals surface area (Å²) in [5, 5.41) is 16.9. The SMILES string of the molecule is O=C(NC(=S)Nc1cccc(OCc2ccccc2)c1)c1cc2cc([N+](=O)[O-])ccc2o1. The summed E-state index contributed by atoms with van der Waals surface area (Å²) in [6.45, 7) is 0.426. The first kappa shape index (κ1) is 21.0. The molecule has 0 fully saturated rings. The van der Waals surface area contributed by atoms with Crippen molar-refractivity contribution in [2.75, 3.05) is 5.32 Å². The van der Waals surface area contributed by atoms with E-state index < -0.39 is 10.8 Å². The Kier molecular flexibility index (Phi) is 6.09. The second kappa shape index (κ2) is 9.27. The number of benzene rings is 3. The first-order chi connectivity index (χ1) is 15.5. The lowest BCUT2D eigenvalue weighted by Gasteiger charge is -2.11. The molecular weight excluding hydrogens is 430 g/mol. The number of thiocarbonyl (C=S) groups is 1. The van der Waals surface area contributed by atoms with Gasteiger partial charge in [0.25, 0.3) is 11.6 Å². The lowest BCUT2D eigenvalue weighted by Crippen LogP contribution is -2.33. The summed E-state index contributed by atoms with van der Waals surface area (Å²) in [4.78, 5) is 22.9. The summed E-state index contributed by atoms with van der Waals surface area (Å²) in [6, 6.07) is 22.5. The molecule has 0 saturated heterocycles. The van der Waals surface area contributed by atoms with Gasteiger partial charge in [-0.15, -0.1) is 0 Å². The molecule has 0 unspecified atom stereocenters. The topological polar surface area (TPSA) is 107 Å². The Hall–Kier alpha value is -4.24. The predicted molar refractivity (Wildman–Crippen MR) is 124 cm³/mol. The Morgan fingerprint density at radius 2 is 1.84 bits per heavy atom. The number of amides is 1. The largest absolute Gasteiger partial charge is 0.489 e. The Balaban J connectivity index is 1.37. The number of fused-ring (bicyclic) bond motifs is 1. The summed E-state index contributed by atoms with van der Waals surface area (Å²) >= 11 is 5.22. The van der Waals surface area contributed by atoms with Crippen LogP contribution in [-0.2, 0) is 6.61 Å². The molecule has 0 spiro atoms. The van der Waals surface area contributed by atoms with Crippen LogP contribution in [0.15, 0.2) is 83.3 Å². The van der Waals surface area contributed by atoms with E-state index in [1.165, 1.54) is 24.3 Å². The fraction of sp³-hybridized carbons (Fsp3) is 0.0435. The van der Waals surface area contributed by atoms with Gasteiger partial charge in [-0.2, -0.15) is 0 Å². The summed E-state index contributed by atoms with van der Waals surface area (Å²) in [6.07, 6.45) is 0. The molecule has 4 aromatic rings. The van der Waals surface area contributed by atoms with E-state index in [9.17, 15) is 14.9 Å². The molecule has 160 valence electrons. The number of furan rings is 1. The van der Waals surface area contributed by atoms with Gasteiger partial charge in [0.05, 0.1) is 4.92 Å². The van der Waals surface area contributed by atoms with E-state index in [4.69, 9.17) is 21.4 Å². The summed E-state index contributed by atoms with van der Waals surface area (Å²) < 4.78 is 11.3. The van der Waals surface area contributed by atoms with Gasteiger partial charge >= 0.3 is 0 Å². The zero-order valence-electron chi connectivity index (χ0n) is 16.6. The molecular formula is C23H17N3O5S. The van der Waals surface area contributed by atoms with Crippen molar-refractivity contribution in [3.63, 3.8) is 0 Å². The van der Waals surface area contributed by atoms with Crippen LogP contribution >= 0.6 is 12.2 Å². The minimum absolute atomic E-state index is 0.00964. The number of hydrogen-bond acceptors (Lipinski definition) is 6. The number of nitrogens with one attached hydrogen (secondary N) is 2. The van der Waals surface area contributed by atoms with Crippen LogP contribution in [0, 0.1) is 10.1 Å². The van der Waals surface area contributed by atoms with Gasteiger partial charge in [-0.1, -0.05) is 36.4 Å². The maximum atomic E-state index is 12.5. The molecule has 0 bridgehead atoms. The number of nitro groups is 1. The van der Waals surface area contributed by atoms with E-state index in [0.717, 1.165) is 5.56 Å². The highest BCUT2D eigenvalue weighted by Gasteiger charge is 2.16. The summed E-state index contributed by atoms with van der Waals surface area (Å²) in [5.74, 6) is 0.0642. The second-order valence-electron chi connectivity index (χ2n) is 6.80. The number of carbonyl (C=O) groups excluding carboxylic acids is 1. The zero-order valence-corrected chi connectivity index (χ0v) is 17.4. The Morgan fingerprint density at radius 1 is 1.03 bits per heavy atom. The van der Waals surface area contributed by atoms with Crippen molar-refractivity contribution >= 4 is 45.6 Å². The molecule has 0 saturated carbocycles. The maximum absolute atomic E-state index is 12.5. The molecule has 0 radical (unpaired) electrons. The normalized spacial score (nSPS) is 10.5. The van der Waals surface area contributed by atoms with Gasteiger partial charge in [-0.3, -0.25) is 20.2 Å². The number of hydrogen-bond donors (Lipinski definition) is 2. The molecule has 0 aliphatic carbocycles. The van der Waals surface area contributed by atoms with Crippen LogP contribution in [0.1, 0.15) is 16.1 Å². The van der Waals surface area contributed by atoms with Crippen LogP contribution in [0.5, 0.6) is 5.75 Å². The third-order valence-electron chi connectivity index (χ3n) is 4.50. The number of nitrogens with zero attached hydrogens (tertiary/aromatic N) is 1. The van der Waals surface area contributed by atoms with E-state index >= 15 is 0 Å². The fourth-order valence-corrected chi connectivity index (χ4v) is 3.20. The predicted octanol–water partition coefficient (Wildman–Crippen LogP) is 5.05. The number of anilines is 1. The zero-order chi connectivity index (χ0) is 22.5. The average molecular weight is 447 g/mol. The number of non-ortho nitro benzene ring substituents is 1. The quantitative estimate of drug-likeness (QED) is 0.242. The third kappa shape index (κ3) is 5.08. The molecule has 1 heterocycles. The molecule has 4 rings (SSSR count). The molecule has 2 N–H and O–H groups in total. The second-order valence-corrected chi connectivity index (χ2v) is 7.21. The van der Waals surface area contributed by atoms with Gasteiger partial charge in [0.1, 0.15) is 17.9 Å². The maximum Gasteiger partial charge on any atom is 0.293 e. The van der Waals surface area contributed by atoms with Crippen molar-refractivity contribution in [2.24, 2.45) is 0 Å². The molecule has 8 nitrogen and oxygen atoms in total. The van der Waals surface area contributed by atoms with Crippen LogP contribution in [-0.4, -0.2) is 15.9 Å². The Morgan fingerprint density at radius 3 is 2.62 bits per heavy atom. The lowest BCUT2D eigenvalue weighted by molar-refractivity contribution is -0.384. The fourth-order valence-electron chi connectivity index (χ4n) is 2.99. The van der Waals surface area contributed by atoms with Crippen LogP contribution in [0.2, 0.25) is 0 Å². The lowest BCUT2D eigenvalue weighted by atomic mass is 10.2. The Bertz CT molecular complexity index is 1300. The highest BCUT2D eigenvalue weighted by Crippen LogP contribution is 2.24. The van der Waals surface area contributed by atoms with E-state index in [1.54, 1.807) is 18.2 Å². The number of carbonyl (C=O) groups is 1. The summed E-state index contributed by atoms with van der Waals surface area (Å²) in [7, 11) is 0. The molecule has 0 aliphatic rings. The number of ether oxygens (including phenoxy) is 1.